The van der Waals surface area contributed by atoms with Crippen molar-refractivity contribution in [3.8, 4) is 5.75 Å². The summed E-state index contributed by atoms with van der Waals surface area (Å²) in [4.78, 5) is 11.8. The van der Waals surface area contributed by atoms with Crippen LogP contribution in [-0.2, 0) is 0 Å². The second kappa shape index (κ2) is 8.86. The van der Waals surface area contributed by atoms with Gasteiger partial charge in [-0.15, -0.1) is 0 Å². The number of aliphatic hydroxyl groups excluding tert-OH is 1. The Kier molecular flexibility index (Phi) is 7.48. The zero-order valence-corrected chi connectivity index (χ0v) is 14.3. The summed E-state index contributed by atoms with van der Waals surface area (Å²) in [6, 6.07) is 4.82. The van der Waals surface area contributed by atoms with E-state index in [4.69, 9.17) is 16.3 Å². The van der Waals surface area contributed by atoms with Crippen LogP contribution in [0.15, 0.2) is 18.2 Å². The molecule has 2 unspecified atom stereocenters. The highest BCUT2D eigenvalue weighted by molar-refractivity contribution is 6.32. The molecule has 0 aliphatic carbocycles. The smallest absolute Gasteiger partial charge is 0.319 e. The summed E-state index contributed by atoms with van der Waals surface area (Å²) in [7, 11) is 0. The van der Waals surface area contributed by atoms with E-state index in [9.17, 15) is 9.90 Å². The molecule has 0 heterocycles. The molecule has 2 atom stereocenters. The maximum atomic E-state index is 11.8. The molecule has 0 aliphatic heterocycles. The van der Waals surface area contributed by atoms with Gasteiger partial charge >= 0.3 is 6.03 Å². The van der Waals surface area contributed by atoms with Gasteiger partial charge in [0.15, 0.2) is 0 Å². The number of nitrogens with one attached hydrogen (secondary N) is 2. The largest absolute Gasteiger partial charge is 0.489 e. The standard InChI is InChI=1S/C16H25ClN2O3/c1-10(2)22-15-6-5-13(8-14(15)17)19-16(21)18-9-11(3)7-12(4)20/h5-6,8,10-12,20H,7,9H2,1-4H3,(H2,18,19,21). The van der Waals surface area contributed by atoms with Crippen molar-refractivity contribution in [1.82, 2.24) is 5.32 Å². The van der Waals surface area contributed by atoms with E-state index in [0.29, 0.717) is 29.4 Å². The zero-order valence-electron chi connectivity index (χ0n) is 13.5. The van der Waals surface area contributed by atoms with Crippen molar-refractivity contribution in [2.24, 2.45) is 5.92 Å². The number of urea groups is 1. The van der Waals surface area contributed by atoms with E-state index in [1.165, 1.54) is 0 Å². The molecule has 0 aliphatic rings. The van der Waals surface area contributed by atoms with Crippen LogP contribution in [0.25, 0.3) is 0 Å². The minimum absolute atomic E-state index is 0.0370. The van der Waals surface area contributed by atoms with E-state index in [1.54, 1.807) is 25.1 Å². The lowest BCUT2D eigenvalue weighted by Crippen LogP contribution is -2.33. The van der Waals surface area contributed by atoms with E-state index < -0.39 is 0 Å². The fraction of sp³-hybridized carbons (Fsp3) is 0.562. The fourth-order valence-electron chi connectivity index (χ4n) is 2.04. The molecule has 0 radical (unpaired) electrons. The predicted molar refractivity (Wildman–Crippen MR) is 89.7 cm³/mol. The van der Waals surface area contributed by atoms with Gasteiger partial charge in [-0.25, -0.2) is 4.79 Å². The van der Waals surface area contributed by atoms with Gasteiger partial charge in [-0.2, -0.15) is 0 Å². The first kappa shape index (κ1) is 18.6. The van der Waals surface area contributed by atoms with Gasteiger partial charge in [0.25, 0.3) is 0 Å². The van der Waals surface area contributed by atoms with E-state index >= 15 is 0 Å². The number of carbonyl (C=O) groups is 1. The summed E-state index contributed by atoms with van der Waals surface area (Å²) in [5, 5.41) is 15.2. The quantitative estimate of drug-likeness (QED) is 0.715. The van der Waals surface area contributed by atoms with Gasteiger partial charge < -0.3 is 20.5 Å². The first-order valence-electron chi connectivity index (χ1n) is 7.47. The van der Waals surface area contributed by atoms with Crippen molar-refractivity contribution in [3.63, 3.8) is 0 Å². The maximum absolute atomic E-state index is 11.8. The number of benzene rings is 1. The molecular formula is C16H25ClN2O3. The van der Waals surface area contributed by atoms with Gasteiger partial charge in [0.1, 0.15) is 5.75 Å². The van der Waals surface area contributed by atoms with Gasteiger partial charge in [0.05, 0.1) is 17.2 Å². The average molecular weight is 329 g/mol. The number of halogens is 1. The second-order valence-corrected chi connectivity index (χ2v) is 6.24. The molecule has 0 saturated carbocycles. The number of carbonyl (C=O) groups excluding carboxylic acids is 1. The topological polar surface area (TPSA) is 70.6 Å². The monoisotopic (exact) mass is 328 g/mol. The molecule has 1 aromatic carbocycles. The molecule has 22 heavy (non-hydrogen) atoms. The predicted octanol–water partition coefficient (Wildman–Crippen LogP) is 3.66. The molecule has 2 amide bonds. The highest BCUT2D eigenvalue weighted by atomic mass is 35.5. The van der Waals surface area contributed by atoms with Crippen LogP contribution < -0.4 is 15.4 Å². The van der Waals surface area contributed by atoms with E-state index in [0.717, 1.165) is 0 Å². The first-order valence-corrected chi connectivity index (χ1v) is 7.84. The minimum atomic E-state index is -0.368. The highest BCUT2D eigenvalue weighted by Gasteiger charge is 2.10. The summed E-state index contributed by atoms with van der Waals surface area (Å²) in [5.41, 5.74) is 0.599. The third-order valence-corrected chi connectivity index (χ3v) is 3.20. The molecule has 3 N–H and O–H groups in total. The zero-order chi connectivity index (χ0) is 16.7. The average Bonchev–Trinajstić information content (AvgIpc) is 2.38. The Morgan fingerprint density at radius 2 is 2.00 bits per heavy atom. The molecule has 5 nitrogen and oxygen atoms in total. The third-order valence-electron chi connectivity index (χ3n) is 2.91. The normalized spacial score (nSPS) is 13.6. The molecule has 0 bridgehead atoms. The number of ether oxygens (including phenoxy) is 1. The number of rotatable bonds is 7. The lowest BCUT2D eigenvalue weighted by Gasteiger charge is -2.15. The van der Waals surface area contributed by atoms with Gasteiger partial charge in [0.2, 0.25) is 0 Å². The Balaban J connectivity index is 2.49. The lowest BCUT2D eigenvalue weighted by molar-refractivity contribution is 0.163. The molecule has 0 aromatic heterocycles. The highest BCUT2D eigenvalue weighted by Crippen LogP contribution is 2.28. The number of amides is 2. The Morgan fingerprint density at radius 1 is 1.32 bits per heavy atom. The fourth-order valence-corrected chi connectivity index (χ4v) is 2.26. The van der Waals surface area contributed by atoms with Crippen molar-refractivity contribution in [2.75, 3.05) is 11.9 Å². The van der Waals surface area contributed by atoms with Gasteiger partial charge in [-0.3, -0.25) is 0 Å². The van der Waals surface area contributed by atoms with Crippen molar-refractivity contribution >= 4 is 23.3 Å². The lowest BCUT2D eigenvalue weighted by atomic mass is 10.1. The van der Waals surface area contributed by atoms with Crippen LogP contribution >= 0.6 is 11.6 Å². The van der Waals surface area contributed by atoms with Crippen LogP contribution in [-0.4, -0.2) is 29.9 Å². The van der Waals surface area contributed by atoms with Crippen LogP contribution in [0.3, 0.4) is 0 Å². The van der Waals surface area contributed by atoms with Crippen molar-refractivity contribution in [2.45, 2.75) is 46.3 Å². The van der Waals surface area contributed by atoms with Crippen molar-refractivity contribution in [3.05, 3.63) is 23.2 Å². The van der Waals surface area contributed by atoms with Gasteiger partial charge in [-0.05, 0) is 51.3 Å². The maximum Gasteiger partial charge on any atom is 0.319 e. The first-order chi connectivity index (χ1) is 10.3. The van der Waals surface area contributed by atoms with Gasteiger partial charge in [0, 0.05) is 12.2 Å². The minimum Gasteiger partial charge on any atom is -0.489 e. The second-order valence-electron chi connectivity index (χ2n) is 5.84. The van der Waals surface area contributed by atoms with E-state index in [-0.39, 0.29) is 24.2 Å². The van der Waals surface area contributed by atoms with Crippen LogP contribution in [0.2, 0.25) is 5.02 Å². The van der Waals surface area contributed by atoms with Crippen LogP contribution in [0, 0.1) is 5.92 Å². The number of anilines is 1. The molecule has 124 valence electrons. The third kappa shape index (κ3) is 7.00. The Hall–Kier alpha value is -1.46. The van der Waals surface area contributed by atoms with Gasteiger partial charge in [-0.1, -0.05) is 18.5 Å². The Labute approximate surface area is 137 Å². The Morgan fingerprint density at radius 3 is 2.55 bits per heavy atom. The van der Waals surface area contributed by atoms with Crippen LogP contribution in [0.4, 0.5) is 10.5 Å². The summed E-state index contributed by atoms with van der Waals surface area (Å²) in [6.07, 6.45) is 0.315. The SMILES string of the molecule is CC(O)CC(C)CNC(=O)Nc1ccc(OC(C)C)c(Cl)c1. The number of hydrogen-bond donors (Lipinski definition) is 3. The molecule has 0 saturated heterocycles. The summed E-state index contributed by atoms with van der Waals surface area (Å²) < 4.78 is 5.54. The van der Waals surface area contributed by atoms with Crippen molar-refractivity contribution < 1.29 is 14.6 Å². The summed E-state index contributed by atoms with van der Waals surface area (Å²) >= 11 is 6.12. The summed E-state index contributed by atoms with van der Waals surface area (Å²) in [6.45, 7) is 8.05. The number of aliphatic hydroxyl groups is 1. The molecule has 0 fully saturated rings. The Bertz CT molecular complexity index is 492. The van der Waals surface area contributed by atoms with Crippen LogP contribution in [0.5, 0.6) is 5.75 Å². The van der Waals surface area contributed by atoms with E-state index in [1.807, 2.05) is 20.8 Å². The molecule has 1 rings (SSSR count). The molecule has 0 spiro atoms. The molecular weight excluding hydrogens is 304 g/mol. The molecule has 6 heteroatoms. The van der Waals surface area contributed by atoms with Crippen LogP contribution in [0.1, 0.15) is 34.1 Å². The molecule has 1 aromatic rings. The number of hydrogen-bond acceptors (Lipinski definition) is 3. The van der Waals surface area contributed by atoms with E-state index in [2.05, 4.69) is 10.6 Å². The summed E-state index contributed by atoms with van der Waals surface area (Å²) in [5.74, 6) is 0.796. The van der Waals surface area contributed by atoms with Crippen molar-refractivity contribution in [1.29, 1.82) is 0 Å².